The summed E-state index contributed by atoms with van der Waals surface area (Å²) in [5, 5.41) is 0.0928. The Morgan fingerprint density at radius 3 is 2.28 bits per heavy atom. The number of imide groups is 1. The summed E-state index contributed by atoms with van der Waals surface area (Å²) < 4.78 is 10.7. The number of amides is 2. The van der Waals surface area contributed by atoms with Gasteiger partial charge in [-0.2, -0.15) is 0 Å². The first-order valence-electron chi connectivity index (χ1n) is 9.98. The number of hydrogen-bond acceptors (Lipinski definition) is 5. The van der Waals surface area contributed by atoms with E-state index in [2.05, 4.69) is 31.2 Å². The van der Waals surface area contributed by atoms with E-state index in [0.29, 0.717) is 27.0 Å². The Hall–Kier alpha value is -3.22. The number of hydrogen-bond donors (Lipinski definition) is 0. The standard InChI is InChI=1S/C25H18ClNO4S/c1-15-2-6-17(7-3-15)18-8-4-16(5-9-18)10-23-24(28)27(25(29)32-23)13-19-11-21-22(12-20(19)26)31-14-30-21/h2-12H,13-14H2,1H3. The molecule has 0 radical (unpaired) electrons. The molecule has 0 N–H and O–H groups in total. The predicted molar refractivity (Wildman–Crippen MR) is 126 cm³/mol. The Labute approximate surface area is 194 Å². The van der Waals surface area contributed by atoms with Crippen LogP contribution < -0.4 is 9.47 Å². The minimum Gasteiger partial charge on any atom is -0.454 e. The molecule has 160 valence electrons. The van der Waals surface area contributed by atoms with Gasteiger partial charge in [0, 0.05) is 11.1 Å². The number of carbonyl (C=O) groups excluding carboxylic acids is 2. The first-order valence-corrected chi connectivity index (χ1v) is 11.2. The summed E-state index contributed by atoms with van der Waals surface area (Å²) in [6, 6.07) is 19.6. The molecule has 2 amide bonds. The topological polar surface area (TPSA) is 55.8 Å². The van der Waals surface area contributed by atoms with Crippen LogP contribution in [-0.2, 0) is 11.3 Å². The van der Waals surface area contributed by atoms with Crippen LogP contribution in [0.15, 0.2) is 65.6 Å². The fourth-order valence-corrected chi connectivity index (χ4v) is 4.61. The summed E-state index contributed by atoms with van der Waals surface area (Å²) in [6.07, 6.45) is 1.74. The third-order valence-electron chi connectivity index (χ3n) is 5.34. The number of halogens is 1. The van der Waals surface area contributed by atoms with Crippen molar-refractivity contribution in [2.45, 2.75) is 13.5 Å². The fourth-order valence-electron chi connectivity index (χ4n) is 3.56. The summed E-state index contributed by atoms with van der Waals surface area (Å²) in [6.45, 7) is 2.26. The van der Waals surface area contributed by atoms with Gasteiger partial charge in [0.25, 0.3) is 11.1 Å². The van der Waals surface area contributed by atoms with Crippen LogP contribution in [0.3, 0.4) is 0 Å². The zero-order chi connectivity index (χ0) is 22.2. The Morgan fingerprint density at radius 2 is 1.59 bits per heavy atom. The van der Waals surface area contributed by atoms with E-state index in [-0.39, 0.29) is 24.5 Å². The number of rotatable bonds is 4. The summed E-state index contributed by atoms with van der Waals surface area (Å²) in [5.41, 5.74) is 4.91. The fraction of sp³-hybridized carbons (Fsp3) is 0.120. The van der Waals surface area contributed by atoms with Crippen LogP contribution in [0.25, 0.3) is 17.2 Å². The van der Waals surface area contributed by atoms with Crippen molar-refractivity contribution in [1.82, 2.24) is 4.90 Å². The highest BCUT2D eigenvalue weighted by molar-refractivity contribution is 8.18. The van der Waals surface area contributed by atoms with Crippen molar-refractivity contribution >= 4 is 40.6 Å². The maximum atomic E-state index is 12.9. The van der Waals surface area contributed by atoms with Gasteiger partial charge in [-0.25, -0.2) is 0 Å². The van der Waals surface area contributed by atoms with E-state index in [0.717, 1.165) is 28.5 Å². The number of benzene rings is 3. The Kier molecular flexibility index (Phi) is 5.41. The van der Waals surface area contributed by atoms with Crippen LogP contribution in [0.4, 0.5) is 4.79 Å². The zero-order valence-corrected chi connectivity index (χ0v) is 18.7. The van der Waals surface area contributed by atoms with Gasteiger partial charge in [-0.3, -0.25) is 14.5 Å². The number of ether oxygens (including phenoxy) is 2. The van der Waals surface area contributed by atoms with Gasteiger partial charge in [-0.1, -0.05) is 65.7 Å². The largest absolute Gasteiger partial charge is 0.454 e. The molecule has 5 nitrogen and oxygen atoms in total. The Balaban J connectivity index is 1.34. The maximum Gasteiger partial charge on any atom is 0.293 e. The highest BCUT2D eigenvalue weighted by atomic mass is 35.5. The van der Waals surface area contributed by atoms with Crippen molar-refractivity contribution in [3.05, 3.63) is 87.3 Å². The smallest absolute Gasteiger partial charge is 0.293 e. The highest BCUT2D eigenvalue weighted by Gasteiger charge is 2.35. The van der Waals surface area contributed by atoms with Crippen molar-refractivity contribution in [2.24, 2.45) is 0 Å². The molecule has 5 rings (SSSR count). The first kappa shape index (κ1) is 20.7. The number of nitrogens with zero attached hydrogens (tertiary/aromatic N) is 1. The monoisotopic (exact) mass is 463 g/mol. The van der Waals surface area contributed by atoms with Crippen LogP contribution in [0.5, 0.6) is 11.5 Å². The second-order valence-corrected chi connectivity index (χ2v) is 8.95. The van der Waals surface area contributed by atoms with Crippen molar-refractivity contribution in [1.29, 1.82) is 0 Å². The van der Waals surface area contributed by atoms with Crippen molar-refractivity contribution in [2.75, 3.05) is 6.79 Å². The third kappa shape index (κ3) is 3.99. The predicted octanol–water partition coefficient (Wildman–Crippen LogP) is 6.28. The molecule has 0 bridgehead atoms. The van der Waals surface area contributed by atoms with Gasteiger partial charge in [0.1, 0.15) is 0 Å². The van der Waals surface area contributed by atoms with Crippen LogP contribution in [-0.4, -0.2) is 22.8 Å². The number of carbonyl (C=O) groups is 2. The maximum absolute atomic E-state index is 12.9. The lowest BCUT2D eigenvalue weighted by molar-refractivity contribution is -0.123. The molecule has 0 aliphatic carbocycles. The van der Waals surface area contributed by atoms with Gasteiger partial charge in [0.15, 0.2) is 11.5 Å². The number of aryl methyl sites for hydroxylation is 1. The molecule has 0 atom stereocenters. The van der Waals surface area contributed by atoms with Crippen molar-refractivity contribution in [3.8, 4) is 22.6 Å². The van der Waals surface area contributed by atoms with Crippen LogP contribution in [0.2, 0.25) is 5.02 Å². The van der Waals surface area contributed by atoms with Gasteiger partial charge in [-0.15, -0.1) is 0 Å². The molecule has 32 heavy (non-hydrogen) atoms. The summed E-state index contributed by atoms with van der Waals surface area (Å²) >= 11 is 7.24. The first-order chi connectivity index (χ1) is 15.5. The molecule has 7 heteroatoms. The van der Waals surface area contributed by atoms with E-state index in [1.54, 1.807) is 18.2 Å². The molecule has 1 fully saturated rings. The lowest BCUT2D eigenvalue weighted by atomic mass is 10.0. The zero-order valence-electron chi connectivity index (χ0n) is 17.1. The van der Waals surface area contributed by atoms with Crippen LogP contribution in [0.1, 0.15) is 16.7 Å². The normalized spacial score (nSPS) is 16.3. The average molecular weight is 464 g/mol. The lowest BCUT2D eigenvalue weighted by Crippen LogP contribution is -2.27. The van der Waals surface area contributed by atoms with E-state index >= 15 is 0 Å². The van der Waals surface area contributed by atoms with E-state index in [4.69, 9.17) is 21.1 Å². The van der Waals surface area contributed by atoms with E-state index in [9.17, 15) is 9.59 Å². The molecule has 1 saturated heterocycles. The van der Waals surface area contributed by atoms with E-state index in [1.165, 1.54) is 10.5 Å². The molecule has 2 aliphatic rings. The van der Waals surface area contributed by atoms with Gasteiger partial charge in [-0.05, 0) is 53.1 Å². The highest BCUT2D eigenvalue weighted by Crippen LogP contribution is 2.39. The van der Waals surface area contributed by atoms with Crippen molar-refractivity contribution in [3.63, 3.8) is 0 Å². The molecule has 0 aromatic heterocycles. The summed E-state index contributed by atoms with van der Waals surface area (Å²) in [7, 11) is 0. The second-order valence-electron chi connectivity index (χ2n) is 7.55. The molecule has 0 saturated carbocycles. The molecule has 0 unspecified atom stereocenters. The van der Waals surface area contributed by atoms with Gasteiger partial charge in [0.05, 0.1) is 11.4 Å². The SMILES string of the molecule is Cc1ccc(-c2ccc(C=C3SC(=O)N(Cc4cc5c(cc4Cl)OCO5)C3=O)cc2)cc1. The van der Waals surface area contributed by atoms with E-state index in [1.807, 2.05) is 24.3 Å². The summed E-state index contributed by atoms with van der Waals surface area (Å²) in [4.78, 5) is 27.0. The average Bonchev–Trinajstić information content (AvgIpc) is 3.34. The summed E-state index contributed by atoms with van der Waals surface area (Å²) in [5.74, 6) is 0.777. The lowest BCUT2D eigenvalue weighted by Gasteiger charge is -2.14. The number of fused-ring (bicyclic) bond motifs is 1. The molecular weight excluding hydrogens is 446 g/mol. The molecular formula is C25H18ClNO4S. The van der Waals surface area contributed by atoms with Crippen molar-refractivity contribution < 1.29 is 19.1 Å². The minimum absolute atomic E-state index is 0.0733. The van der Waals surface area contributed by atoms with Gasteiger partial charge < -0.3 is 9.47 Å². The second kappa shape index (κ2) is 8.37. The quantitative estimate of drug-likeness (QED) is 0.426. The Bertz CT molecular complexity index is 1250. The third-order valence-corrected chi connectivity index (χ3v) is 6.60. The van der Waals surface area contributed by atoms with Crippen LogP contribution in [0, 0.1) is 6.92 Å². The minimum atomic E-state index is -0.337. The molecule has 2 heterocycles. The molecule has 3 aromatic carbocycles. The molecule has 3 aromatic rings. The number of thioether (sulfide) groups is 1. The van der Waals surface area contributed by atoms with E-state index < -0.39 is 0 Å². The van der Waals surface area contributed by atoms with Gasteiger partial charge in [0.2, 0.25) is 6.79 Å². The molecule has 0 spiro atoms. The van der Waals surface area contributed by atoms with Gasteiger partial charge >= 0.3 is 0 Å². The van der Waals surface area contributed by atoms with Crippen LogP contribution >= 0.6 is 23.4 Å². The Morgan fingerprint density at radius 1 is 0.969 bits per heavy atom. The molecule has 2 aliphatic heterocycles.